The van der Waals surface area contributed by atoms with E-state index in [-0.39, 0.29) is 5.41 Å². The molecule has 1 aliphatic carbocycles. The number of carboxylic acid groups (broad SMARTS) is 1. The highest BCUT2D eigenvalue weighted by Crippen LogP contribution is 2.50. The maximum Gasteiger partial charge on any atom is 0.407 e. The summed E-state index contributed by atoms with van der Waals surface area (Å²) in [4.78, 5) is 17.6. The number of rotatable bonds is 2. The molecule has 1 N–H and O–H groups in total. The number of likely N-dealkylation sites (tertiary alicyclic amines) is 3. The summed E-state index contributed by atoms with van der Waals surface area (Å²) in [6.45, 7) is 5.28. The lowest BCUT2D eigenvalue weighted by Crippen LogP contribution is -2.55. The van der Waals surface area contributed by atoms with E-state index < -0.39 is 12.3 Å². The number of hydrogen-bond acceptors (Lipinski definition) is 3. The van der Waals surface area contributed by atoms with E-state index >= 15 is 0 Å². The van der Waals surface area contributed by atoms with Gasteiger partial charge >= 0.3 is 6.09 Å². The third-order valence-corrected chi connectivity index (χ3v) is 6.74. The first-order valence-electron chi connectivity index (χ1n) is 9.15. The zero-order valence-electron chi connectivity index (χ0n) is 13.8. The van der Waals surface area contributed by atoms with Gasteiger partial charge in [0.05, 0.1) is 0 Å². The van der Waals surface area contributed by atoms with Crippen LogP contribution in [0.2, 0.25) is 0 Å². The molecular weight excluding hydrogens is 297 g/mol. The normalized spacial score (nSPS) is 40.0. The number of halogens is 1. The van der Waals surface area contributed by atoms with Gasteiger partial charge in [-0.2, -0.15) is 0 Å². The van der Waals surface area contributed by atoms with Crippen molar-refractivity contribution in [3.05, 3.63) is 0 Å². The maximum absolute atomic E-state index is 13.4. The Morgan fingerprint density at radius 3 is 2.26 bits per heavy atom. The highest BCUT2D eigenvalue weighted by Gasteiger charge is 2.51. The minimum absolute atomic E-state index is 0.274. The van der Waals surface area contributed by atoms with Crippen LogP contribution in [-0.4, -0.2) is 83.4 Å². The lowest BCUT2D eigenvalue weighted by Gasteiger charge is -2.52. The molecule has 130 valence electrons. The summed E-state index contributed by atoms with van der Waals surface area (Å²) < 4.78 is 13.4. The molecule has 4 fully saturated rings. The zero-order valence-corrected chi connectivity index (χ0v) is 13.8. The van der Waals surface area contributed by atoms with Crippen LogP contribution in [0.15, 0.2) is 0 Å². The molecule has 0 unspecified atom stereocenters. The Hall–Kier alpha value is -0.880. The molecule has 0 aromatic carbocycles. The van der Waals surface area contributed by atoms with Gasteiger partial charge in [-0.1, -0.05) is 0 Å². The molecule has 23 heavy (non-hydrogen) atoms. The molecule has 4 aliphatic rings. The summed E-state index contributed by atoms with van der Waals surface area (Å²) in [5.41, 5.74) is 0.274. The lowest BCUT2D eigenvalue weighted by molar-refractivity contribution is -0.0138. The minimum atomic E-state index is -0.761. The summed E-state index contributed by atoms with van der Waals surface area (Å²) in [7, 11) is 0. The van der Waals surface area contributed by atoms with Crippen LogP contribution in [-0.2, 0) is 0 Å². The zero-order chi connectivity index (χ0) is 16.0. The Bertz CT molecular complexity index is 461. The third kappa shape index (κ3) is 2.95. The Labute approximate surface area is 137 Å². The molecule has 1 saturated carbocycles. The maximum atomic E-state index is 13.4. The Kier molecular flexibility index (Phi) is 4.00. The van der Waals surface area contributed by atoms with Crippen molar-refractivity contribution in [2.24, 2.45) is 5.41 Å². The predicted octanol–water partition coefficient (Wildman–Crippen LogP) is 2.03. The molecule has 0 aromatic rings. The van der Waals surface area contributed by atoms with Gasteiger partial charge in [0, 0.05) is 38.3 Å². The van der Waals surface area contributed by atoms with Crippen molar-refractivity contribution >= 4 is 6.09 Å². The summed E-state index contributed by atoms with van der Waals surface area (Å²) >= 11 is 0. The van der Waals surface area contributed by atoms with E-state index in [0.717, 1.165) is 58.3 Å². The second-order valence-electron chi connectivity index (χ2n) is 8.16. The number of piperidine rings is 1. The van der Waals surface area contributed by atoms with Crippen molar-refractivity contribution in [2.45, 2.75) is 56.8 Å². The first-order chi connectivity index (χ1) is 11.0. The van der Waals surface area contributed by atoms with Crippen molar-refractivity contribution in [3.63, 3.8) is 0 Å². The SMILES string of the molecule is O=C(O)N1CCC2(CC(N3CCC(N4CC[C@H](F)C4)CC3)C2)C1. The van der Waals surface area contributed by atoms with E-state index in [1.54, 1.807) is 4.90 Å². The van der Waals surface area contributed by atoms with Crippen LogP contribution in [0.5, 0.6) is 0 Å². The van der Waals surface area contributed by atoms with Gasteiger partial charge in [0.2, 0.25) is 0 Å². The number of alkyl halides is 1. The van der Waals surface area contributed by atoms with Crippen molar-refractivity contribution in [1.82, 2.24) is 14.7 Å². The molecular formula is C17H28FN3O2. The minimum Gasteiger partial charge on any atom is -0.465 e. The topological polar surface area (TPSA) is 47.0 Å². The molecule has 1 amide bonds. The highest BCUT2D eigenvalue weighted by atomic mass is 19.1. The van der Waals surface area contributed by atoms with Gasteiger partial charge in [-0.3, -0.25) is 4.90 Å². The van der Waals surface area contributed by atoms with Crippen LogP contribution in [0.3, 0.4) is 0 Å². The second-order valence-corrected chi connectivity index (χ2v) is 8.16. The first kappa shape index (κ1) is 15.6. The molecule has 4 rings (SSSR count). The van der Waals surface area contributed by atoms with Gasteiger partial charge in [0.15, 0.2) is 0 Å². The lowest BCUT2D eigenvalue weighted by atomic mass is 9.64. The Balaban J connectivity index is 1.23. The van der Waals surface area contributed by atoms with E-state index in [4.69, 9.17) is 5.11 Å². The molecule has 0 radical (unpaired) electrons. The molecule has 3 saturated heterocycles. The molecule has 1 spiro atoms. The molecule has 1 atom stereocenters. The quantitative estimate of drug-likeness (QED) is 0.844. The molecule has 0 bridgehead atoms. The van der Waals surface area contributed by atoms with Crippen LogP contribution in [0.4, 0.5) is 9.18 Å². The van der Waals surface area contributed by atoms with Crippen molar-refractivity contribution in [3.8, 4) is 0 Å². The summed E-state index contributed by atoms with van der Waals surface area (Å²) in [6.07, 6.45) is 5.04. The van der Waals surface area contributed by atoms with Crippen LogP contribution >= 0.6 is 0 Å². The number of hydrogen-bond donors (Lipinski definition) is 1. The van der Waals surface area contributed by atoms with Crippen molar-refractivity contribution in [1.29, 1.82) is 0 Å². The molecule has 0 aromatic heterocycles. The van der Waals surface area contributed by atoms with Crippen LogP contribution in [0.1, 0.15) is 38.5 Å². The van der Waals surface area contributed by atoms with Crippen molar-refractivity contribution in [2.75, 3.05) is 39.3 Å². The smallest absolute Gasteiger partial charge is 0.407 e. The van der Waals surface area contributed by atoms with E-state index in [1.807, 2.05) is 0 Å². The van der Waals surface area contributed by atoms with Gasteiger partial charge in [0.1, 0.15) is 6.17 Å². The van der Waals surface area contributed by atoms with Gasteiger partial charge in [0.25, 0.3) is 0 Å². The summed E-state index contributed by atoms with van der Waals surface area (Å²) in [6, 6.07) is 1.23. The molecule has 3 aliphatic heterocycles. The molecule has 5 nitrogen and oxygen atoms in total. The third-order valence-electron chi connectivity index (χ3n) is 6.74. The van der Waals surface area contributed by atoms with Gasteiger partial charge in [-0.15, -0.1) is 0 Å². The standard InChI is InChI=1S/C17H28FN3O2/c18-13-1-5-20(11-13)14-2-6-19(7-3-14)15-9-17(10-15)4-8-21(12-17)16(22)23/h13-15H,1-12H2,(H,22,23)/t13-,15?,17?/m0/s1. The monoisotopic (exact) mass is 325 g/mol. The predicted molar refractivity (Wildman–Crippen MR) is 85.4 cm³/mol. The molecule has 3 heterocycles. The summed E-state index contributed by atoms with van der Waals surface area (Å²) in [5.74, 6) is 0. The van der Waals surface area contributed by atoms with Gasteiger partial charge < -0.3 is 14.9 Å². The van der Waals surface area contributed by atoms with E-state index in [0.29, 0.717) is 31.6 Å². The van der Waals surface area contributed by atoms with Gasteiger partial charge in [-0.05, 0) is 57.0 Å². The van der Waals surface area contributed by atoms with Crippen molar-refractivity contribution < 1.29 is 14.3 Å². The van der Waals surface area contributed by atoms with Crippen LogP contribution in [0.25, 0.3) is 0 Å². The van der Waals surface area contributed by atoms with E-state index in [9.17, 15) is 9.18 Å². The number of amides is 1. The Morgan fingerprint density at radius 2 is 1.70 bits per heavy atom. The Morgan fingerprint density at radius 1 is 1.00 bits per heavy atom. The fourth-order valence-corrected chi connectivity index (χ4v) is 5.32. The van der Waals surface area contributed by atoms with Crippen LogP contribution in [0, 0.1) is 5.41 Å². The fraction of sp³-hybridized carbons (Fsp3) is 0.941. The van der Waals surface area contributed by atoms with E-state index in [1.165, 1.54) is 0 Å². The molecule has 6 heteroatoms. The largest absolute Gasteiger partial charge is 0.465 e. The second kappa shape index (κ2) is 5.88. The average Bonchev–Trinajstić information content (AvgIpc) is 3.12. The van der Waals surface area contributed by atoms with E-state index in [2.05, 4.69) is 9.80 Å². The fourth-order valence-electron chi connectivity index (χ4n) is 5.32. The first-order valence-corrected chi connectivity index (χ1v) is 9.15. The summed E-state index contributed by atoms with van der Waals surface area (Å²) in [5, 5.41) is 9.12. The highest BCUT2D eigenvalue weighted by molar-refractivity contribution is 5.65. The number of carbonyl (C=O) groups is 1. The average molecular weight is 325 g/mol. The number of nitrogens with zero attached hydrogens (tertiary/aromatic N) is 3. The van der Waals surface area contributed by atoms with Gasteiger partial charge in [-0.25, -0.2) is 9.18 Å². The van der Waals surface area contributed by atoms with Crippen LogP contribution < -0.4 is 0 Å².